The van der Waals surface area contributed by atoms with Gasteiger partial charge in [-0.3, -0.25) is 9.09 Å². The summed E-state index contributed by atoms with van der Waals surface area (Å²) in [4.78, 5) is 38.5. The number of nitrogen functional groups attached to an aromatic ring is 1. The zero-order valence-electron chi connectivity index (χ0n) is 13.1. The summed E-state index contributed by atoms with van der Waals surface area (Å²) >= 11 is 1.92. The zero-order valence-corrected chi connectivity index (χ0v) is 17.1. The van der Waals surface area contributed by atoms with Crippen LogP contribution in [0.25, 0.3) is 11.2 Å². The van der Waals surface area contributed by atoms with Crippen LogP contribution in [0.5, 0.6) is 0 Å². The summed E-state index contributed by atoms with van der Waals surface area (Å²) in [6, 6.07) is 0. The van der Waals surface area contributed by atoms with Gasteiger partial charge in [0.25, 0.3) is 0 Å². The Labute approximate surface area is 164 Å². The summed E-state index contributed by atoms with van der Waals surface area (Å²) in [6.07, 6.45) is -0.354. The van der Waals surface area contributed by atoms with E-state index >= 15 is 0 Å². The number of aromatic nitrogens is 4. The molecule has 2 aromatic heterocycles. The van der Waals surface area contributed by atoms with Crippen molar-refractivity contribution in [2.45, 2.75) is 22.4 Å². The number of rotatable bonds is 6. The molecule has 17 heteroatoms. The topological polar surface area (TPSA) is 212 Å². The summed E-state index contributed by atoms with van der Waals surface area (Å²) in [5, 5.41) is 10.3. The molecule has 1 aliphatic rings. The molecule has 1 saturated heterocycles. The van der Waals surface area contributed by atoms with Gasteiger partial charge in [0, 0.05) is 0 Å². The number of fused-ring (bicyclic) bond motifs is 1. The highest BCUT2D eigenvalue weighted by atomic mass is 127. The Morgan fingerprint density at radius 3 is 2.67 bits per heavy atom. The summed E-state index contributed by atoms with van der Waals surface area (Å²) in [5.41, 5.74) is 6.43. The van der Waals surface area contributed by atoms with Crippen molar-refractivity contribution < 1.29 is 42.5 Å². The lowest BCUT2D eigenvalue weighted by Gasteiger charge is -2.17. The highest BCUT2D eigenvalue weighted by Gasteiger charge is 2.45. The number of hydrogen-bond acceptors (Lipinski definition) is 10. The molecular weight excluding hydrogens is 523 g/mol. The van der Waals surface area contributed by atoms with E-state index in [9.17, 15) is 19.1 Å². The largest absolute Gasteiger partial charge is 0.481 e. The minimum Gasteiger partial charge on any atom is -0.389 e. The maximum absolute atomic E-state index is 11.5. The van der Waals surface area contributed by atoms with Crippen LogP contribution in [0.1, 0.15) is 6.23 Å². The maximum atomic E-state index is 11.5. The van der Waals surface area contributed by atoms with Crippen LogP contribution in [-0.2, 0) is 22.7 Å². The predicted molar refractivity (Wildman–Crippen MR) is 96.4 cm³/mol. The van der Waals surface area contributed by atoms with Crippen LogP contribution < -0.4 is 5.73 Å². The summed E-state index contributed by atoms with van der Waals surface area (Å²) in [6.45, 7) is -0.658. The van der Waals surface area contributed by atoms with Crippen molar-refractivity contribution in [1.82, 2.24) is 19.5 Å². The monoisotopic (exact) mass is 537 g/mol. The Morgan fingerprint density at radius 2 is 2.00 bits per heavy atom. The third-order valence-electron chi connectivity index (χ3n) is 3.57. The number of aliphatic hydroxyl groups excluding tert-OH is 1. The van der Waals surface area contributed by atoms with E-state index < -0.39 is 44.6 Å². The molecule has 1 fully saturated rings. The molecule has 0 radical (unpaired) electrons. The number of phosphoric acid groups is 2. The third kappa shape index (κ3) is 4.64. The highest BCUT2D eigenvalue weighted by Crippen LogP contribution is 2.57. The number of nitrogens with two attached hydrogens (primary N) is 1. The van der Waals surface area contributed by atoms with Crippen LogP contribution in [0.3, 0.4) is 0 Å². The quantitative estimate of drug-likeness (QED) is 0.182. The first-order valence-electron chi connectivity index (χ1n) is 7.13. The molecule has 150 valence electrons. The number of ether oxygens (including phenoxy) is 1. The number of alkyl halides is 1. The smallest absolute Gasteiger partial charge is 0.389 e. The van der Waals surface area contributed by atoms with Crippen LogP contribution in [0, 0.1) is 0 Å². The van der Waals surface area contributed by atoms with Gasteiger partial charge in [-0.25, -0.2) is 24.1 Å². The van der Waals surface area contributed by atoms with E-state index in [2.05, 4.69) is 23.8 Å². The standard InChI is InChI=1S/C10H14IN5O9P2/c11-5-7(17)4(1-23-27(21,22)25-26(18,19)20)24-10(5)16-3-15-6-8(12)13-2-14-9(6)16/h2-5,7,10,17H,1H2,(H,21,22)(H2,12,13,14)(H2,18,19,20)/t4-,5-,7-,10-/m1/s1. The average molecular weight is 537 g/mol. The minimum atomic E-state index is -5.24. The molecular formula is C10H14IN5O9P2. The van der Waals surface area contributed by atoms with Gasteiger partial charge in [-0.2, -0.15) is 4.31 Å². The fourth-order valence-corrected chi connectivity index (χ4v) is 5.03. The molecule has 3 heterocycles. The molecule has 0 spiro atoms. The fourth-order valence-electron chi connectivity index (χ4n) is 2.45. The van der Waals surface area contributed by atoms with Crippen LogP contribution in [0.15, 0.2) is 12.7 Å². The normalized spacial score (nSPS) is 28.5. The second kappa shape index (κ2) is 7.59. The van der Waals surface area contributed by atoms with Gasteiger partial charge in [-0.1, -0.05) is 22.6 Å². The van der Waals surface area contributed by atoms with Gasteiger partial charge >= 0.3 is 15.6 Å². The lowest BCUT2D eigenvalue weighted by molar-refractivity contribution is -0.0420. The van der Waals surface area contributed by atoms with Crippen molar-refractivity contribution >= 4 is 55.2 Å². The summed E-state index contributed by atoms with van der Waals surface area (Å²) in [5.74, 6) is 0.165. The van der Waals surface area contributed by atoms with Crippen molar-refractivity contribution in [1.29, 1.82) is 0 Å². The maximum Gasteiger partial charge on any atom is 0.481 e. The zero-order chi connectivity index (χ0) is 20.0. The van der Waals surface area contributed by atoms with Crippen molar-refractivity contribution in [2.75, 3.05) is 12.3 Å². The molecule has 0 saturated carbocycles. The lowest BCUT2D eigenvalue weighted by Crippen LogP contribution is -2.30. The molecule has 1 unspecified atom stereocenters. The first-order valence-corrected chi connectivity index (χ1v) is 11.4. The molecule has 0 aromatic carbocycles. The number of aliphatic hydroxyl groups is 1. The Hall–Kier alpha value is -0.740. The van der Waals surface area contributed by atoms with Crippen LogP contribution in [0.2, 0.25) is 0 Å². The predicted octanol–water partition coefficient (Wildman–Crippen LogP) is -0.303. The molecule has 2 aromatic rings. The molecule has 1 aliphatic heterocycles. The Balaban J connectivity index is 1.75. The number of phosphoric ester groups is 1. The van der Waals surface area contributed by atoms with E-state index in [1.54, 1.807) is 0 Å². The van der Waals surface area contributed by atoms with E-state index in [-0.39, 0.29) is 5.82 Å². The third-order valence-corrected chi connectivity index (χ3v) is 7.07. The van der Waals surface area contributed by atoms with Crippen LogP contribution in [-0.4, -0.2) is 62.0 Å². The number of nitrogens with zero attached hydrogens (tertiary/aromatic N) is 4. The SMILES string of the molecule is Nc1ncnc2c1ncn2[C@@H]1O[C@H](COP(=O)(O)OP(=O)(O)O)[C@@H](O)[C@H]1I. The van der Waals surface area contributed by atoms with E-state index in [0.29, 0.717) is 11.2 Å². The fraction of sp³-hybridized carbons (Fsp3) is 0.500. The van der Waals surface area contributed by atoms with E-state index in [1.165, 1.54) is 17.2 Å². The van der Waals surface area contributed by atoms with Crippen molar-refractivity contribution in [3.8, 4) is 0 Å². The van der Waals surface area contributed by atoms with Gasteiger partial charge in [-0.15, -0.1) is 0 Å². The van der Waals surface area contributed by atoms with Crippen molar-refractivity contribution in [2.24, 2.45) is 0 Å². The average Bonchev–Trinajstić information content (AvgIpc) is 3.07. The van der Waals surface area contributed by atoms with Gasteiger partial charge in [-0.05, 0) is 0 Å². The van der Waals surface area contributed by atoms with E-state index in [0.717, 1.165) is 0 Å². The molecule has 14 nitrogen and oxygen atoms in total. The van der Waals surface area contributed by atoms with E-state index in [4.69, 9.17) is 20.3 Å². The molecule has 27 heavy (non-hydrogen) atoms. The second-order valence-corrected chi connectivity index (χ2v) is 9.69. The summed E-state index contributed by atoms with van der Waals surface area (Å²) < 4.78 is 37.0. The number of anilines is 1. The van der Waals surface area contributed by atoms with Crippen LogP contribution >= 0.6 is 38.2 Å². The van der Waals surface area contributed by atoms with Gasteiger partial charge in [0.2, 0.25) is 0 Å². The van der Waals surface area contributed by atoms with E-state index in [1.807, 2.05) is 22.6 Å². The number of imidazole rings is 1. The first kappa shape index (κ1) is 21.0. The molecule has 0 aliphatic carbocycles. The minimum absolute atomic E-state index is 0.165. The lowest BCUT2D eigenvalue weighted by atomic mass is 10.2. The molecule has 6 N–H and O–H groups in total. The van der Waals surface area contributed by atoms with Gasteiger partial charge < -0.3 is 30.3 Å². The van der Waals surface area contributed by atoms with Crippen molar-refractivity contribution in [3.63, 3.8) is 0 Å². The molecule has 0 amide bonds. The highest BCUT2D eigenvalue weighted by molar-refractivity contribution is 14.1. The number of hydrogen-bond donors (Lipinski definition) is 5. The Morgan fingerprint density at radius 1 is 1.30 bits per heavy atom. The van der Waals surface area contributed by atoms with Gasteiger partial charge in [0.15, 0.2) is 17.7 Å². The van der Waals surface area contributed by atoms with Gasteiger partial charge in [0.05, 0.1) is 23.0 Å². The molecule has 5 atom stereocenters. The van der Waals surface area contributed by atoms with Crippen LogP contribution in [0.4, 0.5) is 5.82 Å². The first-order chi connectivity index (χ1) is 12.5. The number of halogens is 1. The Bertz CT molecular complexity index is 937. The second-order valence-electron chi connectivity index (χ2n) is 5.42. The summed E-state index contributed by atoms with van der Waals surface area (Å²) in [7, 11) is -10.3. The Kier molecular flexibility index (Phi) is 5.90. The van der Waals surface area contributed by atoms with Gasteiger partial charge in [0.1, 0.15) is 17.9 Å². The molecule has 3 rings (SSSR count). The van der Waals surface area contributed by atoms with Crippen molar-refractivity contribution in [3.05, 3.63) is 12.7 Å². The molecule has 0 bridgehead atoms.